The molecule has 19 heavy (non-hydrogen) atoms. The van der Waals surface area contributed by atoms with Gasteiger partial charge in [0.05, 0.1) is 6.04 Å². The summed E-state index contributed by atoms with van der Waals surface area (Å²) in [5.74, 6) is 1.77. The van der Waals surface area contributed by atoms with Crippen LogP contribution in [0.4, 0.5) is 0 Å². The van der Waals surface area contributed by atoms with Crippen molar-refractivity contribution in [3.63, 3.8) is 0 Å². The molecular formula is C13H15BrN4O. The van der Waals surface area contributed by atoms with Crippen LogP contribution < -0.4 is 5.32 Å². The quantitative estimate of drug-likeness (QED) is 0.920. The summed E-state index contributed by atoms with van der Waals surface area (Å²) >= 11 is 3.39. The fourth-order valence-corrected chi connectivity index (χ4v) is 2.76. The van der Waals surface area contributed by atoms with E-state index >= 15 is 0 Å². The van der Waals surface area contributed by atoms with Crippen molar-refractivity contribution < 1.29 is 4.52 Å². The molecule has 0 aromatic carbocycles. The fourth-order valence-electron chi connectivity index (χ4n) is 2.39. The van der Waals surface area contributed by atoms with Gasteiger partial charge in [-0.15, -0.1) is 0 Å². The van der Waals surface area contributed by atoms with Crippen molar-refractivity contribution in [2.45, 2.75) is 25.8 Å². The van der Waals surface area contributed by atoms with E-state index < -0.39 is 0 Å². The molecule has 1 fully saturated rings. The topological polar surface area (TPSA) is 63.8 Å². The Hall–Kier alpha value is -1.27. The van der Waals surface area contributed by atoms with E-state index in [4.69, 9.17) is 4.52 Å². The monoisotopic (exact) mass is 322 g/mol. The van der Waals surface area contributed by atoms with Gasteiger partial charge in [0.2, 0.25) is 11.7 Å². The molecule has 2 unspecified atom stereocenters. The van der Waals surface area contributed by atoms with Gasteiger partial charge in [0.1, 0.15) is 0 Å². The van der Waals surface area contributed by atoms with Crippen molar-refractivity contribution in [3.8, 4) is 11.4 Å². The van der Waals surface area contributed by atoms with Gasteiger partial charge in [0.25, 0.3) is 0 Å². The maximum Gasteiger partial charge on any atom is 0.244 e. The molecule has 1 N–H and O–H groups in total. The number of hydrogen-bond donors (Lipinski definition) is 1. The molecule has 3 rings (SSSR count). The number of rotatable bonds is 2. The van der Waals surface area contributed by atoms with E-state index in [-0.39, 0.29) is 6.04 Å². The molecule has 6 heteroatoms. The van der Waals surface area contributed by atoms with E-state index in [0.29, 0.717) is 17.6 Å². The number of nitrogens with one attached hydrogen (secondary N) is 1. The second-order valence-corrected chi connectivity index (χ2v) is 5.82. The highest BCUT2D eigenvalue weighted by Crippen LogP contribution is 2.29. The van der Waals surface area contributed by atoms with E-state index in [9.17, 15) is 0 Å². The predicted octanol–water partition coefficient (Wildman–Crippen LogP) is 2.95. The molecular weight excluding hydrogens is 308 g/mol. The zero-order valence-electron chi connectivity index (χ0n) is 10.6. The highest BCUT2D eigenvalue weighted by Gasteiger charge is 2.27. The molecule has 0 amide bonds. The summed E-state index contributed by atoms with van der Waals surface area (Å²) in [5.41, 5.74) is 0.854. The van der Waals surface area contributed by atoms with Crippen LogP contribution in [0.2, 0.25) is 0 Å². The standard InChI is InChI=1S/C13H15BrN4O/c1-8-3-2-4-16-11(8)13-17-12(18-19-13)9-5-10(14)7-15-6-9/h5-8,11,16H,2-4H2,1H3. The number of aromatic nitrogens is 3. The summed E-state index contributed by atoms with van der Waals surface area (Å²) in [6.45, 7) is 3.21. The molecule has 1 aliphatic heterocycles. The SMILES string of the molecule is CC1CCCNC1c1nc(-c2cncc(Br)c2)no1. The second-order valence-electron chi connectivity index (χ2n) is 4.90. The molecule has 100 valence electrons. The molecule has 1 aliphatic rings. The van der Waals surface area contributed by atoms with Crippen LogP contribution in [0.3, 0.4) is 0 Å². The van der Waals surface area contributed by atoms with Crippen molar-refractivity contribution in [1.29, 1.82) is 0 Å². The lowest BCUT2D eigenvalue weighted by atomic mass is 9.93. The zero-order chi connectivity index (χ0) is 13.2. The third-order valence-corrected chi connectivity index (χ3v) is 3.87. The van der Waals surface area contributed by atoms with Crippen molar-refractivity contribution in [2.24, 2.45) is 5.92 Å². The normalized spacial score (nSPS) is 23.5. The smallest absolute Gasteiger partial charge is 0.244 e. The Morgan fingerprint density at radius 1 is 1.42 bits per heavy atom. The van der Waals surface area contributed by atoms with Gasteiger partial charge < -0.3 is 9.84 Å². The minimum atomic E-state index is 0.162. The first-order chi connectivity index (χ1) is 9.24. The summed E-state index contributed by atoms with van der Waals surface area (Å²) in [7, 11) is 0. The summed E-state index contributed by atoms with van der Waals surface area (Å²) in [4.78, 5) is 8.61. The average molecular weight is 323 g/mol. The van der Waals surface area contributed by atoms with E-state index in [1.54, 1.807) is 12.4 Å². The first kappa shape index (κ1) is 12.7. The molecule has 0 bridgehead atoms. The van der Waals surface area contributed by atoms with Crippen LogP contribution in [0.15, 0.2) is 27.5 Å². The summed E-state index contributed by atoms with van der Waals surface area (Å²) in [6.07, 6.45) is 5.86. The first-order valence-corrected chi connectivity index (χ1v) is 7.21. The largest absolute Gasteiger partial charge is 0.337 e. The lowest BCUT2D eigenvalue weighted by molar-refractivity contribution is 0.239. The Bertz CT molecular complexity index is 571. The van der Waals surface area contributed by atoms with Crippen LogP contribution >= 0.6 is 15.9 Å². The predicted molar refractivity (Wildman–Crippen MR) is 74.4 cm³/mol. The van der Waals surface area contributed by atoms with E-state index in [1.807, 2.05) is 6.07 Å². The number of hydrogen-bond acceptors (Lipinski definition) is 5. The average Bonchev–Trinajstić information content (AvgIpc) is 2.89. The van der Waals surface area contributed by atoms with Crippen molar-refractivity contribution in [1.82, 2.24) is 20.4 Å². The van der Waals surface area contributed by atoms with Gasteiger partial charge in [-0.2, -0.15) is 4.98 Å². The Morgan fingerprint density at radius 2 is 2.32 bits per heavy atom. The van der Waals surface area contributed by atoms with E-state index in [2.05, 4.69) is 43.3 Å². The van der Waals surface area contributed by atoms with Gasteiger partial charge in [0, 0.05) is 22.4 Å². The minimum Gasteiger partial charge on any atom is -0.337 e. The molecule has 2 atom stereocenters. The minimum absolute atomic E-state index is 0.162. The van der Waals surface area contributed by atoms with Crippen LogP contribution in [0.5, 0.6) is 0 Å². The fraction of sp³-hybridized carbons (Fsp3) is 0.462. The highest BCUT2D eigenvalue weighted by molar-refractivity contribution is 9.10. The Morgan fingerprint density at radius 3 is 3.11 bits per heavy atom. The third-order valence-electron chi connectivity index (χ3n) is 3.44. The molecule has 2 aromatic rings. The first-order valence-electron chi connectivity index (χ1n) is 6.42. The van der Waals surface area contributed by atoms with Gasteiger partial charge in [-0.05, 0) is 47.3 Å². The number of halogens is 1. The number of pyridine rings is 1. The van der Waals surface area contributed by atoms with Crippen LogP contribution in [-0.2, 0) is 0 Å². The molecule has 5 nitrogen and oxygen atoms in total. The van der Waals surface area contributed by atoms with E-state index in [0.717, 1.165) is 16.6 Å². The van der Waals surface area contributed by atoms with Crippen LogP contribution in [0.25, 0.3) is 11.4 Å². The second kappa shape index (κ2) is 5.38. The Kier molecular flexibility index (Phi) is 3.61. The molecule has 3 heterocycles. The van der Waals surface area contributed by atoms with Gasteiger partial charge in [-0.3, -0.25) is 4.98 Å². The molecule has 0 radical (unpaired) electrons. The molecule has 0 aliphatic carbocycles. The maximum atomic E-state index is 5.40. The third kappa shape index (κ3) is 2.69. The Balaban J connectivity index is 1.86. The molecule has 1 saturated heterocycles. The van der Waals surface area contributed by atoms with Crippen LogP contribution in [0, 0.1) is 5.92 Å². The summed E-state index contributed by atoms with van der Waals surface area (Å²) in [5, 5.41) is 7.49. The molecule has 0 saturated carbocycles. The van der Waals surface area contributed by atoms with Gasteiger partial charge in [0.15, 0.2) is 0 Å². The number of piperidine rings is 1. The number of nitrogens with zero attached hydrogens (tertiary/aromatic N) is 3. The summed E-state index contributed by atoms with van der Waals surface area (Å²) in [6, 6.07) is 2.09. The van der Waals surface area contributed by atoms with Gasteiger partial charge >= 0.3 is 0 Å². The van der Waals surface area contributed by atoms with E-state index in [1.165, 1.54) is 12.8 Å². The lowest BCUT2D eigenvalue weighted by Gasteiger charge is -2.26. The summed E-state index contributed by atoms with van der Waals surface area (Å²) < 4.78 is 6.31. The van der Waals surface area contributed by atoms with Gasteiger partial charge in [-0.1, -0.05) is 12.1 Å². The lowest BCUT2D eigenvalue weighted by Crippen LogP contribution is -2.33. The van der Waals surface area contributed by atoms with Crippen LogP contribution in [0.1, 0.15) is 31.7 Å². The highest BCUT2D eigenvalue weighted by atomic mass is 79.9. The molecule has 0 spiro atoms. The van der Waals surface area contributed by atoms with Crippen molar-refractivity contribution in [2.75, 3.05) is 6.54 Å². The van der Waals surface area contributed by atoms with Crippen molar-refractivity contribution >= 4 is 15.9 Å². The Labute approximate surface area is 119 Å². The van der Waals surface area contributed by atoms with Crippen molar-refractivity contribution in [3.05, 3.63) is 28.8 Å². The van der Waals surface area contributed by atoms with Crippen LogP contribution in [-0.4, -0.2) is 21.7 Å². The van der Waals surface area contributed by atoms with Gasteiger partial charge in [-0.25, -0.2) is 0 Å². The maximum absolute atomic E-state index is 5.40. The zero-order valence-corrected chi connectivity index (χ0v) is 12.2. The molecule has 2 aromatic heterocycles.